The van der Waals surface area contributed by atoms with Gasteiger partial charge in [-0.2, -0.15) is 0 Å². The summed E-state index contributed by atoms with van der Waals surface area (Å²) in [5.74, 6) is -0.249. The Bertz CT molecular complexity index is 628. The van der Waals surface area contributed by atoms with Crippen molar-refractivity contribution in [1.82, 2.24) is 9.55 Å². The number of hydrogen-bond acceptors (Lipinski definition) is 3. The lowest BCUT2D eigenvalue weighted by molar-refractivity contribution is -0.135. The molecular formula is C13H13Cl2N3O2. The largest absolute Gasteiger partial charge is 0.480 e. The Balaban J connectivity index is 2.28. The van der Waals surface area contributed by atoms with E-state index in [1.807, 2.05) is 0 Å². The zero-order valence-corrected chi connectivity index (χ0v) is 12.3. The Labute approximate surface area is 126 Å². The smallest absolute Gasteiger partial charge is 0.323 e. The lowest BCUT2D eigenvalue weighted by atomic mass is 10.2. The molecule has 0 aliphatic rings. The van der Waals surface area contributed by atoms with Crippen molar-refractivity contribution >= 4 is 34.9 Å². The third-order valence-electron chi connectivity index (χ3n) is 2.86. The molecule has 0 aliphatic carbocycles. The lowest BCUT2D eigenvalue weighted by Crippen LogP contribution is -2.30. The molecule has 0 fully saturated rings. The van der Waals surface area contributed by atoms with Crippen LogP contribution in [0, 0.1) is 0 Å². The summed E-state index contributed by atoms with van der Waals surface area (Å²) in [5, 5.41) is 10.1. The van der Waals surface area contributed by atoms with Crippen LogP contribution in [0.5, 0.6) is 0 Å². The van der Waals surface area contributed by atoms with E-state index in [4.69, 9.17) is 28.3 Å². The van der Waals surface area contributed by atoms with Gasteiger partial charge in [-0.25, -0.2) is 4.98 Å². The molecule has 0 atom stereocenters. The van der Waals surface area contributed by atoms with Crippen LogP contribution in [0.15, 0.2) is 30.5 Å². The maximum atomic E-state index is 11.0. The Morgan fingerprint density at radius 1 is 1.45 bits per heavy atom. The summed E-state index contributed by atoms with van der Waals surface area (Å²) in [5.41, 5.74) is 0.721. The molecule has 0 amide bonds. The molecule has 0 saturated carbocycles. The van der Waals surface area contributed by atoms with Gasteiger partial charge in [-0.15, -0.1) is 0 Å². The maximum absolute atomic E-state index is 11.0. The third-order valence-corrected chi connectivity index (χ3v) is 3.45. The first-order chi connectivity index (χ1) is 9.47. The van der Waals surface area contributed by atoms with Crippen molar-refractivity contribution in [1.29, 1.82) is 0 Å². The van der Waals surface area contributed by atoms with Crippen LogP contribution < -0.4 is 4.90 Å². The molecule has 2 rings (SSSR count). The van der Waals surface area contributed by atoms with Gasteiger partial charge in [0.2, 0.25) is 0 Å². The number of carboxylic acid groups (broad SMARTS) is 1. The number of rotatable bonds is 5. The first-order valence-corrected chi connectivity index (χ1v) is 6.61. The number of nitrogens with zero attached hydrogens (tertiary/aromatic N) is 3. The van der Waals surface area contributed by atoms with Crippen LogP contribution in [0.4, 0.5) is 5.69 Å². The van der Waals surface area contributed by atoms with Crippen LogP contribution in [-0.2, 0) is 18.4 Å². The number of hydrogen-bond donors (Lipinski definition) is 1. The topological polar surface area (TPSA) is 58.4 Å². The van der Waals surface area contributed by atoms with Crippen molar-refractivity contribution in [3.05, 3.63) is 46.5 Å². The van der Waals surface area contributed by atoms with Gasteiger partial charge in [-0.3, -0.25) is 4.79 Å². The minimum absolute atomic E-state index is 0.148. The standard InChI is InChI=1S/C13H13Cl2N3O2/c1-17-11(15)6-16-12(17)7-18(8-13(19)20)10-4-2-3-9(14)5-10/h2-6H,7-8H2,1H3,(H,19,20). The Hall–Kier alpha value is -1.72. The minimum atomic E-state index is -0.926. The van der Waals surface area contributed by atoms with Crippen LogP contribution in [0.2, 0.25) is 10.2 Å². The van der Waals surface area contributed by atoms with Gasteiger partial charge in [0.25, 0.3) is 0 Å². The van der Waals surface area contributed by atoms with Gasteiger partial charge in [0.05, 0.1) is 12.7 Å². The van der Waals surface area contributed by atoms with E-state index in [1.165, 1.54) is 6.20 Å². The van der Waals surface area contributed by atoms with Crippen molar-refractivity contribution in [2.75, 3.05) is 11.4 Å². The van der Waals surface area contributed by atoms with E-state index in [2.05, 4.69) is 4.98 Å². The molecular weight excluding hydrogens is 301 g/mol. The van der Waals surface area contributed by atoms with Gasteiger partial charge in [-0.1, -0.05) is 29.3 Å². The number of imidazole rings is 1. The lowest BCUT2D eigenvalue weighted by Gasteiger charge is -2.22. The highest BCUT2D eigenvalue weighted by Gasteiger charge is 2.15. The molecule has 20 heavy (non-hydrogen) atoms. The highest BCUT2D eigenvalue weighted by Crippen LogP contribution is 2.21. The number of aromatic nitrogens is 2. The Morgan fingerprint density at radius 3 is 2.75 bits per heavy atom. The molecule has 1 aromatic carbocycles. The van der Waals surface area contributed by atoms with Crippen molar-refractivity contribution < 1.29 is 9.90 Å². The maximum Gasteiger partial charge on any atom is 0.323 e. The molecule has 1 N–H and O–H groups in total. The van der Waals surface area contributed by atoms with Gasteiger partial charge < -0.3 is 14.6 Å². The predicted octanol–water partition coefficient (Wildman–Crippen LogP) is 2.82. The summed E-state index contributed by atoms with van der Waals surface area (Å²) < 4.78 is 1.71. The number of carbonyl (C=O) groups is 1. The fourth-order valence-electron chi connectivity index (χ4n) is 1.82. The highest BCUT2D eigenvalue weighted by atomic mass is 35.5. The van der Waals surface area contributed by atoms with E-state index in [0.717, 1.165) is 5.69 Å². The van der Waals surface area contributed by atoms with Gasteiger partial charge >= 0.3 is 5.97 Å². The van der Waals surface area contributed by atoms with Gasteiger partial charge in [0, 0.05) is 17.8 Å². The van der Waals surface area contributed by atoms with E-state index in [9.17, 15) is 4.79 Å². The summed E-state index contributed by atoms with van der Waals surface area (Å²) in [7, 11) is 1.78. The van der Waals surface area contributed by atoms with Crippen molar-refractivity contribution in [2.24, 2.45) is 7.05 Å². The van der Waals surface area contributed by atoms with Crippen LogP contribution in [0.1, 0.15) is 5.82 Å². The normalized spacial score (nSPS) is 10.6. The fraction of sp³-hybridized carbons (Fsp3) is 0.231. The van der Waals surface area contributed by atoms with Crippen LogP contribution in [0.25, 0.3) is 0 Å². The molecule has 0 spiro atoms. The molecule has 0 bridgehead atoms. The van der Waals surface area contributed by atoms with Gasteiger partial charge in [0.1, 0.15) is 17.5 Å². The van der Waals surface area contributed by atoms with Gasteiger partial charge in [-0.05, 0) is 18.2 Å². The van der Waals surface area contributed by atoms with E-state index >= 15 is 0 Å². The van der Waals surface area contributed by atoms with E-state index < -0.39 is 5.97 Å². The average molecular weight is 314 g/mol. The van der Waals surface area contributed by atoms with E-state index in [1.54, 1.807) is 40.8 Å². The Morgan fingerprint density at radius 2 is 2.20 bits per heavy atom. The molecule has 5 nitrogen and oxygen atoms in total. The second kappa shape index (κ2) is 6.15. The second-order valence-electron chi connectivity index (χ2n) is 4.29. The SMILES string of the molecule is Cn1c(Cl)cnc1CN(CC(=O)O)c1cccc(Cl)c1. The van der Waals surface area contributed by atoms with Crippen molar-refractivity contribution in [3.8, 4) is 0 Å². The summed E-state index contributed by atoms with van der Waals surface area (Å²) in [6.07, 6.45) is 1.54. The number of anilines is 1. The summed E-state index contributed by atoms with van der Waals surface area (Å²) in [4.78, 5) is 16.9. The van der Waals surface area contributed by atoms with Crippen LogP contribution in [-0.4, -0.2) is 27.2 Å². The molecule has 1 heterocycles. The first-order valence-electron chi connectivity index (χ1n) is 5.86. The number of aliphatic carboxylic acids is 1. The summed E-state index contributed by atoms with van der Waals surface area (Å²) >= 11 is 11.9. The average Bonchev–Trinajstić information content (AvgIpc) is 2.69. The van der Waals surface area contributed by atoms with Crippen LogP contribution >= 0.6 is 23.2 Å². The summed E-state index contributed by atoms with van der Waals surface area (Å²) in [6, 6.07) is 7.04. The minimum Gasteiger partial charge on any atom is -0.480 e. The zero-order valence-electron chi connectivity index (χ0n) is 10.8. The third kappa shape index (κ3) is 3.43. The number of halogens is 2. The monoisotopic (exact) mass is 313 g/mol. The molecule has 0 saturated heterocycles. The van der Waals surface area contributed by atoms with Crippen LogP contribution in [0.3, 0.4) is 0 Å². The summed E-state index contributed by atoms with van der Waals surface area (Å²) in [6.45, 7) is 0.181. The molecule has 0 aliphatic heterocycles. The quantitative estimate of drug-likeness (QED) is 0.922. The van der Waals surface area contributed by atoms with E-state index in [0.29, 0.717) is 22.5 Å². The van der Waals surface area contributed by atoms with Crippen molar-refractivity contribution in [2.45, 2.75) is 6.54 Å². The Kier molecular flexibility index (Phi) is 4.52. The second-order valence-corrected chi connectivity index (χ2v) is 5.11. The zero-order chi connectivity index (χ0) is 14.7. The molecule has 106 valence electrons. The number of benzene rings is 1. The van der Waals surface area contributed by atoms with Gasteiger partial charge in [0.15, 0.2) is 0 Å². The predicted molar refractivity (Wildman–Crippen MR) is 78.4 cm³/mol. The molecule has 0 radical (unpaired) electrons. The highest BCUT2D eigenvalue weighted by molar-refractivity contribution is 6.30. The van der Waals surface area contributed by atoms with E-state index in [-0.39, 0.29) is 6.54 Å². The molecule has 2 aromatic rings. The van der Waals surface area contributed by atoms with Crippen molar-refractivity contribution in [3.63, 3.8) is 0 Å². The fourth-order valence-corrected chi connectivity index (χ4v) is 2.15. The molecule has 7 heteroatoms. The molecule has 1 aromatic heterocycles. The molecule has 0 unspecified atom stereocenters. The number of carboxylic acids is 1. The first kappa shape index (κ1) is 14.7.